The quantitative estimate of drug-likeness (QED) is 0.719. The Kier molecular flexibility index (Phi) is 3.29. The van der Waals surface area contributed by atoms with Crippen LogP contribution in [-0.4, -0.2) is 49.5 Å². The Hall–Kier alpha value is -0.130. The number of hydrogen-bond acceptors (Lipinski definition) is 4. The molecule has 0 aromatic rings. The van der Waals surface area contributed by atoms with Crippen LogP contribution >= 0.6 is 0 Å². The van der Waals surface area contributed by atoms with Crippen molar-refractivity contribution in [2.45, 2.75) is 44.8 Å². The SMILES string of the molecule is CC1CCC(C)N(C2CS(=O)(=O)CC2N)C1. The van der Waals surface area contributed by atoms with Crippen molar-refractivity contribution < 1.29 is 8.42 Å². The van der Waals surface area contributed by atoms with Crippen LogP contribution in [-0.2, 0) is 9.84 Å². The molecular weight excluding hydrogens is 224 g/mol. The predicted octanol–water partition coefficient (Wildman–Crippen LogP) is 0.231. The number of likely N-dealkylation sites (tertiary alicyclic amines) is 1. The lowest BCUT2D eigenvalue weighted by Gasteiger charge is -2.41. The van der Waals surface area contributed by atoms with E-state index in [0.29, 0.717) is 12.0 Å². The van der Waals surface area contributed by atoms with E-state index in [1.807, 2.05) is 0 Å². The van der Waals surface area contributed by atoms with Crippen LogP contribution in [0.4, 0.5) is 0 Å². The molecule has 0 aliphatic carbocycles. The summed E-state index contributed by atoms with van der Waals surface area (Å²) in [5.74, 6) is 1.08. The fraction of sp³-hybridized carbons (Fsp3) is 1.00. The summed E-state index contributed by atoms with van der Waals surface area (Å²) in [4.78, 5) is 2.32. The van der Waals surface area contributed by atoms with Gasteiger partial charge in [0.05, 0.1) is 11.5 Å². The summed E-state index contributed by atoms with van der Waals surface area (Å²) in [6.45, 7) is 5.41. The van der Waals surface area contributed by atoms with Gasteiger partial charge in [-0.25, -0.2) is 8.42 Å². The van der Waals surface area contributed by atoms with Crippen LogP contribution in [0.1, 0.15) is 26.7 Å². The molecule has 4 unspecified atom stereocenters. The zero-order valence-electron chi connectivity index (χ0n) is 10.1. The van der Waals surface area contributed by atoms with Crippen LogP contribution < -0.4 is 5.73 Å². The minimum atomic E-state index is -2.90. The monoisotopic (exact) mass is 246 g/mol. The van der Waals surface area contributed by atoms with Gasteiger partial charge < -0.3 is 5.73 Å². The van der Waals surface area contributed by atoms with Gasteiger partial charge in [-0.3, -0.25) is 4.90 Å². The van der Waals surface area contributed by atoms with Crippen LogP contribution in [0.5, 0.6) is 0 Å². The van der Waals surface area contributed by atoms with Crippen molar-refractivity contribution in [3.63, 3.8) is 0 Å². The van der Waals surface area contributed by atoms with Crippen molar-refractivity contribution in [2.75, 3.05) is 18.1 Å². The molecule has 2 N–H and O–H groups in total. The van der Waals surface area contributed by atoms with Crippen molar-refractivity contribution in [3.8, 4) is 0 Å². The summed E-state index contributed by atoms with van der Waals surface area (Å²) in [5.41, 5.74) is 5.97. The summed E-state index contributed by atoms with van der Waals surface area (Å²) in [7, 11) is -2.90. The minimum Gasteiger partial charge on any atom is -0.325 e. The molecule has 2 aliphatic rings. The Morgan fingerprint density at radius 2 is 1.88 bits per heavy atom. The summed E-state index contributed by atoms with van der Waals surface area (Å²) in [6, 6.07) is 0.320. The molecule has 0 radical (unpaired) electrons. The standard InChI is InChI=1S/C11H22N2O2S/c1-8-3-4-9(2)13(5-8)11-7-16(14,15)6-10(11)12/h8-11H,3-7,12H2,1-2H3. The zero-order valence-corrected chi connectivity index (χ0v) is 10.9. The lowest BCUT2D eigenvalue weighted by atomic mass is 9.92. The Morgan fingerprint density at radius 1 is 1.19 bits per heavy atom. The van der Waals surface area contributed by atoms with E-state index in [9.17, 15) is 8.42 Å². The summed E-state index contributed by atoms with van der Waals surface area (Å²) in [5, 5.41) is 0. The minimum absolute atomic E-state index is 0.0442. The van der Waals surface area contributed by atoms with Gasteiger partial charge in [-0.15, -0.1) is 0 Å². The van der Waals surface area contributed by atoms with E-state index in [1.165, 1.54) is 6.42 Å². The molecule has 2 fully saturated rings. The summed E-state index contributed by atoms with van der Waals surface area (Å²) in [6.07, 6.45) is 2.40. The Bertz CT molecular complexity index is 355. The van der Waals surface area contributed by atoms with Crippen LogP contribution in [0.2, 0.25) is 0 Å². The van der Waals surface area contributed by atoms with E-state index in [-0.39, 0.29) is 23.6 Å². The molecule has 4 nitrogen and oxygen atoms in total. The first-order valence-corrected chi connectivity index (χ1v) is 7.93. The van der Waals surface area contributed by atoms with Gasteiger partial charge in [0.1, 0.15) is 0 Å². The van der Waals surface area contributed by atoms with Gasteiger partial charge >= 0.3 is 0 Å². The average molecular weight is 246 g/mol. The lowest BCUT2D eigenvalue weighted by Crippen LogP contribution is -2.54. The first-order chi connectivity index (χ1) is 7.39. The zero-order chi connectivity index (χ0) is 11.9. The Balaban J connectivity index is 2.12. The highest BCUT2D eigenvalue weighted by Gasteiger charge is 2.41. The molecule has 0 bridgehead atoms. The molecule has 0 saturated carbocycles. The molecule has 2 rings (SSSR count). The number of piperidine rings is 1. The van der Waals surface area contributed by atoms with Gasteiger partial charge in [-0.1, -0.05) is 6.92 Å². The molecule has 5 heteroatoms. The highest BCUT2D eigenvalue weighted by Crippen LogP contribution is 2.27. The second-order valence-electron chi connectivity index (χ2n) is 5.54. The second-order valence-corrected chi connectivity index (χ2v) is 7.69. The normalized spacial score (nSPS) is 44.7. The smallest absolute Gasteiger partial charge is 0.153 e. The van der Waals surface area contributed by atoms with Gasteiger partial charge in [0.15, 0.2) is 9.84 Å². The topological polar surface area (TPSA) is 63.4 Å². The van der Waals surface area contributed by atoms with E-state index in [0.717, 1.165) is 13.0 Å². The number of sulfone groups is 1. The molecule has 4 atom stereocenters. The van der Waals surface area contributed by atoms with Gasteiger partial charge in [0.2, 0.25) is 0 Å². The fourth-order valence-electron chi connectivity index (χ4n) is 2.98. The first kappa shape index (κ1) is 12.3. The van der Waals surface area contributed by atoms with Crippen molar-refractivity contribution in [2.24, 2.45) is 11.7 Å². The maximum atomic E-state index is 11.6. The van der Waals surface area contributed by atoms with Gasteiger partial charge in [0.25, 0.3) is 0 Å². The molecule has 0 spiro atoms. The van der Waals surface area contributed by atoms with Gasteiger partial charge in [0, 0.05) is 24.7 Å². The van der Waals surface area contributed by atoms with Crippen LogP contribution in [0.25, 0.3) is 0 Å². The molecule has 0 aromatic heterocycles. The van der Waals surface area contributed by atoms with E-state index in [4.69, 9.17) is 5.73 Å². The highest BCUT2D eigenvalue weighted by atomic mass is 32.2. The van der Waals surface area contributed by atoms with Crippen LogP contribution in [0, 0.1) is 5.92 Å². The maximum absolute atomic E-state index is 11.6. The fourth-order valence-corrected chi connectivity index (χ4v) is 4.89. The van der Waals surface area contributed by atoms with Crippen molar-refractivity contribution in [1.29, 1.82) is 0 Å². The van der Waals surface area contributed by atoms with Gasteiger partial charge in [-0.05, 0) is 25.7 Å². The number of rotatable bonds is 1. The van der Waals surface area contributed by atoms with Crippen LogP contribution in [0.15, 0.2) is 0 Å². The third-order valence-corrected chi connectivity index (χ3v) is 5.70. The van der Waals surface area contributed by atoms with Crippen molar-refractivity contribution in [3.05, 3.63) is 0 Å². The third kappa shape index (κ3) is 2.41. The van der Waals surface area contributed by atoms with E-state index < -0.39 is 9.84 Å². The largest absolute Gasteiger partial charge is 0.325 e. The third-order valence-electron chi connectivity index (χ3n) is 3.96. The Labute approximate surface area is 98.1 Å². The maximum Gasteiger partial charge on any atom is 0.153 e. The molecule has 2 heterocycles. The number of nitrogens with two attached hydrogens (primary N) is 1. The second kappa shape index (κ2) is 4.27. The van der Waals surface area contributed by atoms with E-state index >= 15 is 0 Å². The summed E-state index contributed by atoms with van der Waals surface area (Å²) < 4.78 is 23.2. The van der Waals surface area contributed by atoms with Crippen molar-refractivity contribution in [1.82, 2.24) is 4.90 Å². The summed E-state index contributed by atoms with van der Waals surface area (Å²) >= 11 is 0. The number of hydrogen-bond donors (Lipinski definition) is 1. The highest BCUT2D eigenvalue weighted by molar-refractivity contribution is 7.91. The van der Waals surface area contributed by atoms with E-state index in [1.54, 1.807) is 0 Å². The Morgan fingerprint density at radius 3 is 2.44 bits per heavy atom. The van der Waals surface area contributed by atoms with Crippen molar-refractivity contribution >= 4 is 9.84 Å². The number of nitrogens with zero attached hydrogens (tertiary/aromatic N) is 1. The molecule has 2 aliphatic heterocycles. The first-order valence-electron chi connectivity index (χ1n) is 6.11. The van der Waals surface area contributed by atoms with Gasteiger partial charge in [-0.2, -0.15) is 0 Å². The molecule has 0 aromatic carbocycles. The molecule has 0 amide bonds. The molecular formula is C11H22N2O2S. The predicted molar refractivity (Wildman–Crippen MR) is 65.0 cm³/mol. The van der Waals surface area contributed by atoms with Crippen LogP contribution in [0.3, 0.4) is 0 Å². The molecule has 2 saturated heterocycles. The molecule has 94 valence electrons. The molecule has 16 heavy (non-hydrogen) atoms. The van der Waals surface area contributed by atoms with E-state index in [2.05, 4.69) is 18.7 Å². The average Bonchev–Trinajstić information content (AvgIpc) is 2.44. The lowest BCUT2D eigenvalue weighted by molar-refractivity contribution is 0.0805.